The lowest BCUT2D eigenvalue weighted by atomic mass is 10.1. The number of hydrogen-bond acceptors (Lipinski definition) is 3. The summed E-state index contributed by atoms with van der Waals surface area (Å²) in [5, 5.41) is 5.40. The van der Waals surface area contributed by atoms with E-state index in [9.17, 15) is 9.59 Å². The van der Waals surface area contributed by atoms with Gasteiger partial charge in [0.05, 0.1) is 20.1 Å². The van der Waals surface area contributed by atoms with Crippen molar-refractivity contribution in [1.29, 1.82) is 0 Å². The van der Waals surface area contributed by atoms with Crippen LogP contribution < -0.4 is 15.4 Å². The number of unbranched alkanes of at least 4 members (excludes halogenated alkanes) is 2. The van der Waals surface area contributed by atoms with Crippen LogP contribution in [-0.2, 0) is 16.0 Å². The first-order chi connectivity index (χ1) is 10.2. The van der Waals surface area contributed by atoms with Gasteiger partial charge in [0, 0.05) is 6.54 Å². The molecular weight excluding hydrogens is 268 g/mol. The predicted molar refractivity (Wildman–Crippen MR) is 82.2 cm³/mol. The lowest BCUT2D eigenvalue weighted by Crippen LogP contribution is -2.37. The molecule has 0 fully saturated rings. The Morgan fingerprint density at radius 1 is 1.05 bits per heavy atom. The molecule has 0 unspecified atom stereocenters. The van der Waals surface area contributed by atoms with E-state index in [2.05, 4.69) is 17.6 Å². The van der Waals surface area contributed by atoms with Gasteiger partial charge in [-0.1, -0.05) is 31.9 Å². The number of carbonyl (C=O) groups excluding carboxylic acids is 2. The summed E-state index contributed by atoms with van der Waals surface area (Å²) in [7, 11) is 1.60. The van der Waals surface area contributed by atoms with Crippen molar-refractivity contribution in [3.05, 3.63) is 29.8 Å². The van der Waals surface area contributed by atoms with Gasteiger partial charge in [-0.2, -0.15) is 0 Å². The van der Waals surface area contributed by atoms with Gasteiger partial charge < -0.3 is 15.4 Å². The smallest absolute Gasteiger partial charge is 0.239 e. The highest BCUT2D eigenvalue weighted by Crippen LogP contribution is 2.11. The second-order valence-electron chi connectivity index (χ2n) is 4.86. The molecule has 0 bridgehead atoms. The molecular formula is C16H24N2O3. The van der Waals surface area contributed by atoms with Crippen molar-refractivity contribution in [2.24, 2.45) is 0 Å². The van der Waals surface area contributed by atoms with E-state index >= 15 is 0 Å². The van der Waals surface area contributed by atoms with Crippen LogP contribution in [0.3, 0.4) is 0 Å². The first kappa shape index (κ1) is 17.0. The van der Waals surface area contributed by atoms with E-state index in [1.165, 1.54) is 0 Å². The molecule has 0 aliphatic rings. The van der Waals surface area contributed by atoms with Gasteiger partial charge in [0.25, 0.3) is 0 Å². The zero-order valence-corrected chi connectivity index (χ0v) is 12.8. The average Bonchev–Trinajstić information content (AvgIpc) is 2.50. The topological polar surface area (TPSA) is 67.4 Å². The molecule has 0 heterocycles. The summed E-state index contributed by atoms with van der Waals surface area (Å²) in [4.78, 5) is 23.2. The molecule has 0 radical (unpaired) electrons. The molecule has 0 saturated heterocycles. The summed E-state index contributed by atoms with van der Waals surface area (Å²) in [5.74, 6) is 0.448. The van der Waals surface area contributed by atoms with Crippen LogP contribution in [0.2, 0.25) is 0 Å². The van der Waals surface area contributed by atoms with Crippen LogP contribution in [0.5, 0.6) is 5.75 Å². The molecule has 0 aliphatic heterocycles. The summed E-state index contributed by atoms with van der Waals surface area (Å²) < 4.78 is 5.05. The van der Waals surface area contributed by atoms with E-state index in [0.717, 1.165) is 30.6 Å². The van der Waals surface area contributed by atoms with E-state index in [0.29, 0.717) is 6.54 Å². The molecule has 1 aromatic carbocycles. The minimum atomic E-state index is -0.163. The highest BCUT2D eigenvalue weighted by molar-refractivity contribution is 5.85. The summed E-state index contributed by atoms with van der Waals surface area (Å²) in [5.41, 5.74) is 0.886. The van der Waals surface area contributed by atoms with Gasteiger partial charge >= 0.3 is 0 Å². The van der Waals surface area contributed by atoms with E-state index in [1.807, 2.05) is 24.3 Å². The molecule has 1 rings (SSSR count). The maximum atomic E-state index is 11.7. The third kappa shape index (κ3) is 7.34. The Morgan fingerprint density at radius 2 is 1.76 bits per heavy atom. The Morgan fingerprint density at radius 3 is 2.38 bits per heavy atom. The van der Waals surface area contributed by atoms with E-state index in [1.54, 1.807) is 7.11 Å². The van der Waals surface area contributed by atoms with Crippen molar-refractivity contribution in [3.8, 4) is 5.75 Å². The fraction of sp³-hybridized carbons (Fsp3) is 0.500. The number of rotatable bonds is 9. The molecule has 21 heavy (non-hydrogen) atoms. The largest absolute Gasteiger partial charge is 0.497 e. The maximum absolute atomic E-state index is 11.7. The summed E-state index contributed by atoms with van der Waals surface area (Å²) in [6.07, 6.45) is 3.45. The van der Waals surface area contributed by atoms with Crippen LogP contribution >= 0.6 is 0 Å². The van der Waals surface area contributed by atoms with Gasteiger partial charge in [0.2, 0.25) is 11.8 Å². The molecule has 0 aromatic heterocycles. The molecule has 0 spiro atoms. The number of nitrogens with one attached hydrogen (secondary N) is 2. The number of methoxy groups -OCH3 is 1. The van der Waals surface area contributed by atoms with E-state index in [-0.39, 0.29) is 24.8 Å². The minimum absolute atomic E-state index is 0.0289. The summed E-state index contributed by atoms with van der Waals surface area (Å²) >= 11 is 0. The number of benzene rings is 1. The van der Waals surface area contributed by atoms with Crippen LogP contribution in [-0.4, -0.2) is 32.0 Å². The Bertz CT molecular complexity index is 443. The van der Waals surface area contributed by atoms with Crippen LogP contribution in [0, 0.1) is 0 Å². The fourth-order valence-electron chi connectivity index (χ4n) is 1.84. The van der Waals surface area contributed by atoms with Crippen LogP contribution in [0.25, 0.3) is 0 Å². The second-order valence-corrected chi connectivity index (χ2v) is 4.86. The summed E-state index contributed by atoms with van der Waals surface area (Å²) in [6.45, 7) is 2.81. The second kappa shape index (κ2) is 9.80. The average molecular weight is 292 g/mol. The fourth-order valence-corrected chi connectivity index (χ4v) is 1.84. The molecule has 0 aliphatic carbocycles. The van der Waals surface area contributed by atoms with Crippen molar-refractivity contribution >= 4 is 11.8 Å². The van der Waals surface area contributed by atoms with E-state index in [4.69, 9.17) is 4.74 Å². The first-order valence-electron chi connectivity index (χ1n) is 7.32. The molecule has 0 saturated carbocycles. The Kier molecular flexibility index (Phi) is 7.94. The number of carbonyl (C=O) groups is 2. The Balaban J connectivity index is 2.22. The molecule has 116 valence electrons. The van der Waals surface area contributed by atoms with Gasteiger partial charge in [-0.05, 0) is 24.1 Å². The lowest BCUT2D eigenvalue weighted by molar-refractivity contribution is -0.125. The van der Waals surface area contributed by atoms with Gasteiger partial charge in [-0.25, -0.2) is 0 Å². The van der Waals surface area contributed by atoms with Crippen molar-refractivity contribution < 1.29 is 14.3 Å². The minimum Gasteiger partial charge on any atom is -0.497 e. The van der Waals surface area contributed by atoms with E-state index < -0.39 is 0 Å². The highest BCUT2D eigenvalue weighted by atomic mass is 16.5. The monoisotopic (exact) mass is 292 g/mol. The SMILES string of the molecule is CCCCCNC(=O)CNC(=O)Cc1ccc(OC)cc1. The number of hydrogen-bond donors (Lipinski definition) is 2. The number of ether oxygens (including phenoxy) is 1. The van der Waals surface area contributed by atoms with Crippen molar-refractivity contribution in [3.63, 3.8) is 0 Å². The molecule has 5 heteroatoms. The van der Waals surface area contributed by atoms with Gasteiger partial charge in [-0.3, -0.25) is 9.59 Å². The van der Waals surface area contributed by atoms with Crippen LogP contribution in [0.15, 0.2) is 24.3 Å². The van der Waals surface area contributed by atoms with Gasteiger partial charge in [0.1, 0.15) is 5.75 Å². The molecule has 5 nitrogen and oxygen atoms in total. The first-order valence-corrected chi connectivity index (χ1v) is 7.32. The zero-order valence-electron chi connectivity index (χ0n) is 12.8. The molecule has 1 aromatic rings. The van der Waals surface area contributed by atoms with Gasteiger partial charge in [-0.15, -0.1) is 0 Å². The highest BCUT2D eigenvalue weighted by Gasteiger charge is 2.06. The molecule has 2 amide bonds. The Hall–Kier alpha value is -2.04. The quantitative estimate of drug-likeness (QED) is 0.680. The van der Waals surface area contributed by atoms with Crippen LogP contribution in [0.1, 0.15) is 31.7 Å². The third-order valence-electron chi connectivity index (χ3n) is 3.07. The maximum Gasteiger partial charge on any atom is 0.239 e. The van der Waals surface area contributed by atoms with Crippen LogP contribution in [0.4, 0.5) is 0 Å². The van der Waals surface area contributed by atoms with Crippen molar-refractivity contribution in [1.82, 2.24) is 10.6 Å². The standard InChI is InChI=1S/C16H24N2O3/c1-3-4-5-10-17-16(20)12-18-15(19)11-13-6-8-14(21-2)9-7-13/h6-9H,3-5,10-12H2,1-2H3,(H,17,20)(H,18,19). The number of amides is 2. The lowest BCUT2D eigenvalue weighted by Gasteiger charge is -2.07. The Labute approximate surface area is 126 Å². The zero-order chi connectivity index (χ0) is 15.5. The van der Waals surface area contributed by atoms with Crippen molar-refractivity contribution in [2.75, 3.05) is 20.2 Å². The third-order valence-corrected chi connectivity index (χ3v) is 3.07. The molecule has 2 N–H and O–H groups in total. The normalized spacial score (nSPS) is 10.0. The van der Waals surface area contributed by atoms with Gasteiger partial charge in [0.15, 0.2) is 0 Å². The summed E-state index contributed by atoms with van der Waals surface area (Å²) in [6, 6.07) is 7.29. The van der Waals surface area contributed by atoms with Crippen molar-refractivity contribution in [2.45, 2.75) is 32.6 Å². The predicted octanol–water partition coefficient (Wildman–Crippen LogP) is 1.66. The molecule has 0 atom stereocenters.